The van der Waals surface area contributed by atoms with Crippen LogP contribution in [0.3, 0.4) is 0 Å². The molecule has 5 nitrogen and oxygen atoms in total. The predicted molar refractivity (Wildman–Crippen MR) is 66.2 cm³/mol. The topological polar surface area (TPSA) is 63.7 Å². The summed E-state index contributed by atoms with van der Waals surface area (Å²) in [6.07, 6.45) is 3.79. The van der Waals surface area contributed by atoms with E-state index in [0.29, 0.717) is 43.4 Å². The quantitative estimate of drug-likeness (QED) is 0.696. The van der Waals surface area contributed by atoms with E-state index in [2.05, 4.69) is 0 Å². The first kappa shape index (κ1) is 12.5. The Hall–Kier alpha value is -1.49. The van der Waals surface area contributed by atoms with Crippen LogP contribution < -0.4 is 0 Å². The highest BCUT2D eigenvalue weighted by atomic mass is 16.5. The van der Waals surface area contributed by atoms with Crippen LogP contribution in [0.25, 0.3) is 0 Å². The van der Waals surface area contributed by atoms with Crippen molar-refractivity contribution in [3.63, 3.8) is 0 Å². The van der Waals surface area contributed by atoms with E-state index in [1.807, 2.05) is 0 Å². The monoisotopic (exact) mass is 263 g/mol. The van der Waals surface area contributed by atoms with Gasteiger partial charge in [0.05, 0.1) is 19.3 Å². The largest absolute Gasteiger partial charge is 0.375 e. The molecule has 3 aliphatic rings. The van der Waals surface area contributed by atoms with Crippen LogP contribution >= 0.6 is 0 Å². The summed E-state index contributed by atoms with van der Waals surface area (Å²) in [5.74, 6) is -0.185. The van der Waals surface area contributed by atoms with Crippen LogP contribution in [0.1, 0.15) is 38.5 Å². The molecule has 0 aromatic heterocycles. The lowest BCUT2D eigenvalue weighted by atomic mass is 9.93. The van der Waals surface area contributed by atoms with E-state index in [4.69, 9.17) is 4.74 Å². The highest BCUT2D eigenvalue weighted by molar-refractivity contribution is 6.19. The first-order valence-electron chi connectivity index (χ1n) is 6.88. The van der Waals surface area contributed by atoms with Crippen molar-refractivity contribution in [1.82, 2.24) is 4.90 Å². The van der Waals surface area contributed by atoms with Crippen LogP contribution in [-0.2, 0) is 19.1 Å². The van der Waals surface area contributed by atoms with Gasteiger partial charge in [0, 0.05) is 24.0 Å². The average Bonchev–Trinajstić information content (AvgIpc) is 2.65. The summed E-state index contributed by atoms with van der Waals surface area (Å²) in [6, 6.07) is 0. The molecule has 1 atom stereocenters. The van der Waals surface area contributed by atoms with Crippen molar-refractivity contribution < 1.29 is 19.1 Å². The average molecular weight is 263 g/mol. The lowest BCUT2D eigenvalue weighted by Gasteiger charge is -2.25. The first-order valence-corrected chi connectivity index (χ1v) is 6.88. The van der Waals surface area contributed by atoms with Gasteiger partial charge in [0.25, 0.3) is 11.8 Å². The van der Waals surface area contributed by atoms with Gasteiger partial charge in [-0.2, -0.15) is 0 Å². The minimum absolute atomic E-state index is 0.146. The van der Waals surface area contributed by atoms with Gasteiger partial charge in [-0.25, -0.2) is 0 Å². The Morgan fingerprint density at radius 3 is 2.21 bits per heavy atom. The summed E-state index contributed by atoms with van der Waals surface area (Å²) in [6.45, 7) is 0.614. The fourth-order valence-corrected chi connectivity index (χ4v) is 3.04. The smallest absolute Gasteiger partial charge is 0.257 e. The molecular weight excluding hydrogens is 246 g/mol. The maximum absolute atomic E-state index is 12.2. The molecule has 0 bridgehead atoms. The molecule has 0 aromatic rings. The van der Waals surface area contributed by atoms with E-state index in [0.717, 1.165) is 12.8 Å². The minimum atomic E-state index is -0.324. The normalized spacial score (nSPS) is 28.1. The number of nitrogens with zero attached hydrogens (tertiary/aromatic N) is 1. The van der Waals surface area contributed by atoms with Crippen molar-refractivity contribution in [2.45, 2.75) is 44.6 Å². The van der Waals surface area contributed by atoms with Gasteiger partial charge in [-0.3, -0.25) is 19.3 Å². The second kappa shape index (κ2) is 4.89. The van der Waals surface area contributed by atoms with Crippen LogP contribution in [-0.4, -0.2) is 41.8 Å². The van der Waals surface area contributed by atoms with E-state index >= 15 is 0 Å². The molecule has 2 amide bonds. The lowest BCUT2D eigenvalue weighted by molar-refractivity contribution is -0.143. The van der Waals surface area contributed by atoms with Crippen molar-refractivity contribution >= 4 is 17.6 Å². The molecule has 102 valence electrons. The third kappa shape index (κ3) is 2.23. The second-order valence-electron chi connectivity index (χ2n) is 5.37. The zero-order valence-electron chi connectivity index (χ0n) is 10.8. The van der Waals surface area contributed by atoms with Gasteiger partial charge in [0.1, 0.15) is 5.78 Å². The fourth-order valence-electron chi connectivity index (χ4n) is 3.04. The number of hydrogen-bond acceptors (Lipinski definition) is 4. The Labute approximate surface area is 111 Å². The SMILES string of the molecule is O=C1CCOC(CN2C(=O)C3=C(CCCC3)C2=O)C1. The number of carbonyl (C=O) groups is 3. The zero-order chi connectivity index (χ0) is 13.4. The van der Waals surface area contributed by atoms with E-state index in [9.17, 15) is 14.4 Å². The summed E-state index contributed by atoms with van der Waals surface area (Å²) < 4.78 is 5.47. The summed E-state index contributed by atoms with van der Waals surface area (Å²) in [7, 11) is 0. The minimum Gasteiger partial charge on any atom is -0.375 e. The molecule has 1 saturated heterocycles. The number of Topliss-reactive ketones (excluding diaryl/α,β-unsaturated/α-hetero) is 1. The Morgan fingerprint density at radius 1 is 1.00 bits per heavy atom. The summed E-state index contributed by atoms with van der Waals surface area (Å²) in [4.78, 5) is 37.1. The van der Waals surface area contributed by atoms with Crippen LogP contribution in [0, 0.1) is 0 Å². The van der Waals surface area contributed by atoms with Crippen molar-refractivity contribution in [2.75, 3.05) is 13.2 Å². The summed E-state index contributed by atoms with van der Waals surface area (Å²) >= 11 is 0. The number of rotatable bonds is 2. The Kier molecular flexibility index (Phi) is 3.22. The Morgan fingerprint density at radius 2 is 1.63 bits per heavy atom. The molecule has 19 heavy (non-hydrogen) atoms. The molecule has 0 saturated carbocycles. The Bertz CT molecular complexity index is 452. The molecule has 0 spiro atoms. The zero-order valence-corrected chi connectivity index (χ0v) is 10.8. The van der Waals surface area contributed by atoms with E-state index < -0.39 is 0 Å². The highest BCUT2D eigenvalue weighted by Gasteiger charge is 2.40. The van der Waals surface area contributed by atoms with Crippen LogP contribution in [0.2, 0.25) is 0 Å². The van der Waals surface area contributed by atoms with Crippen molar-refractivity contribution in [3.8, 4) is 0 Å². The predicted octanol–water partition coefficient (Wildman–Crippen LogP) is 0.974. The fraction of sp³-hybridized carbons (Fsp3) is 0.643. The molecule has 1 aliphatic carbocycles. The molecule has 2 aliphatic heterocycles. The number of amides is 2. The molecule has 1 fully saturated rings. The van der Waals surface area contributed by atoms with Gasteiger partial charge in [-0.1, -0.05) is 0 Å². The van der Waals surface area contributed by atoms with Gasteiger partial charge in [-0.15, -0.1) is 0 Å². The molecular formula is C14H17NO4. The number of ether oxygens (including phenoxy) is 1. The summed E-state index contributed by atoms with van der Waals surface area (Å²) in [5.41, 5.74) is 1.39. The lowest BCUT2D eigenvalue weighted by Crippen LogP contribution is -2.41. The standard InChI is InChI=1S/C14H17NO4/c16-9-5-6-19-10(7-9)8-15-13(17)11-3-1-2-4-12(11)14(15)18/h10H,1-8H2. The van der Waals surface area contributed by atoms with Crippen LogP contribution in [0.5, 0.6) is 0 Å². The second-order valence-corrected chi connectivity index (χ2v) is 5.37. The first-order chi connectivity index (χ1) is 9.16. The Balaban J connectivity index is 1.71. The molecule has 2 heterocycles. The van der Waals surface area contributed by atoms with Crippen LogP contribution in [0.4, 0.5) is 0 Å². The maximum Gasteiger partial charge on any atom is 0.257 e. The van der Waals surface area contributed by atoms with Crippen molar-refractivity contribution in [2.24, 2.45) is 0 Å². The van der Waals surface area contributed by atoms with Gasteiger partial charge in [0.2, 0.25) is 0 Å². The number of ketones is 1. The van der Waals surface area contributed by atoms with Gasteiger partial charge in [0.15, 0.2) is 0 Å². The van der Waals surface area contributed by atoms with Gasteiger partial charge >= 0.3 is 0 Å². The molecule has 3 rings (SSSR count). The molecule has 1 unspecified atom stereocenters. The van der Waals surface area contributed by atoms with Gasteiger partial charge < -0.3 is 4.74 Å². The molecule has 0 N–H and O–H groups in total. The molecule has 0 radical (unpaired) electrons. The van der Waals surface area contributed by atoms with Crippen molar-refractivity contribution in [1.29, 1.82) is 0 Å². The third-order valence-electron chi connectivity index (χ3n) is 4.05. The maximum atomic E-state index is 12.2. The number of carbonyl (C=O) groups excluding carboxylic acids is 3. The number of imide groups is 1. The van der Waals surface area contributed by atoms with E-state index in [-0.39, 0.29) is 30.2 Å². The molecule has 0 aromatic carbocycles. The van der Waals surface area contributed by atoms with E-state index in [1.54, 1.807) is 0 Å². The van der Waals surface area contributed by atoms with Gasteiger partial charge in [-0.05, 0) is 25.7 Å². The third-order valence-corrected chi connectivity index (χ3v) is 4.05. The number of hydrogen-bond donors (Lipinski definition) is 0. The van der Waals surface area contributed by atoms with Crippen LogP contribution in [0.15, 0.2) is 11.1 Å². The van der Waals surface area contributed by atoms with Crippen molar-refractivity contribution in [3.05, 3.63) is 11.1 Å². The summed E-state index contributed by atoms with van der Waals surface area (Å²) in [5, 5.41) is 0. The molecule has 5 heteroatoms. The highest BCUT2D eigenvalue weighted by Crippen LogP contribution is 2.33. The van der Waals surface area contributed by atoms with E-state index in [1.165, 1.54) is 4.90 Å².